The van der Waals surface area contributed by atoms with E-state index in [1.807, 2.05) is 19.3 Å². The topological polar surface area (TPSA) is 278 Å². The molecule has 0 spiro atoms. The number of aldehydes is 1. The number of primary amides is 1. The smallest absolute Gasteiger partial charge is 0.297 e. The van der Waals surface area contributed by atoms with Crippen molar-refractivity contribution in [1.29, 1.82) is 0 Å². The molecule has 6 rings (SSSR count). The highest BCUT2D eigenvalue weighted by atomic mass is 16.7. The number of carbonyl (C=O) groups is 3. The molecular weight excluding hydrogens is 777 g/mol. The summed E-state index contributed by atoms with van der Waals surface area (Å²) in [6, 6.07) is 0. The molecule has 0 aromatic heterocycles. The predicted molar refractivity (Wildman–Crippen MR) is 216 cm³/mol. The summed E-state index contributed by atoms with van der Waals surface area (Å²) in [5.74, 6) is -2.51. The van der Waals surface area contributed by atoms with Crippen LogP contribution in [0.3, 0.4) is 0 Å². The number of carbonyl (C=O) groups excluding carboxylic acids is 3. The third-order valence-corrected chi connectivity index (χ3v) is 14.8. The predicted octanol–water partition coefficient (Wildman–Crippen LogP) is -2.57. The molecule has 5 fully saturated rings. The second-order valence-electron chi connectivity index (χ2n) is 18.6. The summed E-state index contributed by atoms with van der Waals surface area (Å²) in [5, 5.41) is 73.4. The van der Waals surface area contributed by atoms with Gasteiger partial charge < -0.3 is 66.0 Å². The van der Waals surface area contributed by atoms with Crippen LogP contribution in [-0.4, -0.2) is 142 Å². The molecule has 0 aromatic rings. The Morgan fingerprint density at radius 2 is 1.85 bits per heavy atom. The van der Waals surface area contributed by atoms with E-state index >= 15 is 0 Å². The zero-order valence-corrected chi connectivity index (χ0v) is 35.1. The third kappa shape index (κ3) is 10.5. The van der Waals surface area contributed by atoms with E-state index in [1.165, 1.54) is 32.1 Å². The van der Waals surface area contributed by atoms with E-state index < -0.39 is 84.6 Å². The standard InChI is InChI=1S/C44H68N4O12/c1-46-18-17-28(9-5-8-26-6-3-2-4-7-26)30(20-27-16-19-47-22-27)23-48-24-43(56)42(60-38(41(54)55)39(52)44(43,57)25-49)58-32-14-15-33-34(21-32)59-37(40(45)53)35(36(33)51)29-10-12-31(50)13-11-29/h5,8,16,19,22,25-26,28-39,42,46,48,50-52,56-57H,2-4,6-7,9-15,17-18,20-21,23-24H2,1H3,(H2-,45,53,54,55)/p+3. The van der Waals surface area contributed by atoms with Crippen molar-refractivity contribution >= 4 is 24.4 Å². The Hall–Kier alpha value is -2.77. The van der Waals surface area contributed by atoms with E-state index in [-0.39, 0.29) is 36.4 Å². The van der Waals surface area contributed by atoms with Crippen LogP contribution in [0.25, 0.3) is 0 Å². The minimum Gasteiger partial charge on any atom is -0.547 e. The number of allylic oxidation sites excluding steroid dienone is 3. The van der Waals surface area contributed by atoms with Gasteiger partial charge >= 0.3 is 0 Å². The summed E-state index contributed by atoms with van der Waals surface area (Å²) in [6.07, 6.45) is 10.3. The molecule has 0 aromatic carbocycles. The average molecular weight is 848 g/mol. The lowest BCUT2D eigenvalue weighted by Gasteiger charge is -2.53. The van der Waals surface area contributed by atoms with Crippen LogP contribution in [0.2, 0.25) is 0 Å². The number of aliphatic imine (C=N–C) groups is 1. The first kappa shape index (κ1) is 46.7. The Balaban J connectivity index is 1.19. The number of nitrogens with zero attached hydrogens (tertiary/aromatic N) is 1. The number of quaternary nitrogens is 2. The molecule has 13 unspecified atom stereocenters. The number of aliphatic hydroxyl groups is 7. The van der Waals surface area contributed by atoms with Gasteiger partial charge in [0.15, 0.2) is 30.5 Å². The molecule has 0 radical (unpaired) electrons. The van der Waals surface area contributed by atoms with Gasteiger partial charge in [-0.3, -0.25) is 9.59 Å². The average Bonchev–Trinajstić information content (AvgIpc) is 3.76. The summed E-state index contributed by atoms with van der Waals surface area (Å²) in [5.41, 5.74) is 1.27. The van der Waals surface area contributed by atoms with Crippen molar-refractivity contribution in [3.05, 3.63) is 30.3 Å². The van der Waals surface area contributed by atoms with Crippen LogP contribution in [0, 0.1) is 42.1 Å². The Kier molecular flexibility index (Phi) is 16.4. The monoisotopic (exact) mass is 848 g/mol. The number of ether oxygens (including phenoxy) is 3. The van der Waals surface area contributed by atoms with Gasteiger partial charge in [-0.05, 0) is 75.5 Å². The summed E-state index contributed by atoms with van der Waals surface area (Å²) < 4.78 is 16.9. The Labute approximate surface area is 353 Å². The first-order valence-corrected chi connectivity index (χ1v) is 22.6. The number of nitrogens with two attached hydrogens (primary N) is 3. The molecule has 6 aliphatic rings. The van der Waals surface area contributed by atoms with Gasteiger partial charge in [0.2, 0.25) is 11.7 Å². The van der Waals surface area contributed by atoms with Gasteiger partial charge in [0, 0.05) is 25.2 Å². The fraction of sp³-hybridized carbons (Fsp3) is 0.795. The molecule has 12 N–H and O–H groups in total. The maximum atomic E-state index is 12.8. The third-order valence-electron chi connectivity index (χ3n) is 14.8. The van der Waals surface area contributed by atoms with Crippen LogP contribution < -0.4 is 21.5 Å². The van der Waals surface area contributed by atoms with Crippen LogP contribution >= 0.6 is 0 Å². The summed E-state index contributed by atoms with van der Waals surface area (Å²) in [6.45, 7) is 2.71. The summed E-state index contributed by atoms with van der Waals surface area (Å²) in [4.78, 5) is 42.1. The normalized spacial score (nSPS) is 39.7. The Bertz CT molecular complexity index is 1530. The minimum absolute atomic E-state index is 0.0327. The van der Waals surface area contributed by atoms with E-state index in [2.05, 4.69) is 22.5 Å². The molecule has 0 bridgehead atoms. The SMILES string of the molecule is C[NH2+]CCC(CC=CC1CCCCC1)C(C[NH2+]CC1(O)C(OC2CCC3C(C2)[OH+]C(C(N)=O)C(C2CCC(O)CC2)C3O)OC(C(=O)[O-])C(O)C1(O)C=O)CC1=C[CH+]N=C1. The van der Waals surface area contributed by atoms with Gasteiger partial charge in [-0.1, -0.05) is 31.4 Å². The molecule has 16 heteroatoms. The molecule has 2 saturated heterocycles. The fourth-order valence-electron chi connectivity index (χ4n) is 11.2. The van der Waals surface area contributed by atoms with Crippen molar-refractivity contribution in [3.63, 3.8) is 0 Å². The number of carboxylic acid groups (broad SMARTS) is 1. The Morgan fingerprint density at radius 1 is 1.10 bits per heavy atom. The largest absolute Gasteiger partial charge is 0.547 e. The number of amides is 1. The van der Waals surface area contributed by atoms with Crippen molar-refractivity contribution in [2.75, 3.05) is 26.7 Å². The molecule has 1 amide bonds. The summed E-state index contributed by atoms with van der Waals surface area (Å²) in [7, 11) is 2.04. The quantitative estimate of drug-likeness (QED) is 0.0290. The van der Waals surface area contributed by atoms with Crippen molar-refractivity contribution in [1.82, 2.24) is 0 Å². The maximum Gasteiger partial charge on any atom is 0.297 e. The molecule has 3 aliphatic heterocycles. The number of hydrogen-bond donors (Lipinski definition) is 8. The highest BCUT2D eigenvalue weighted by Gasteiger charge is 2.68. The van der Waals surface area contributed by atoms with Gasteiger partial charge in [-0.25, -0.2) is 0 Å². The van der Waals surface area contributed by atoms with E-state index in [0.717, 1.165) is 25.0 Å². The fourth-order valence-corrected chi connectivity index (χ4v) is 11.2. The summed E-state index contributed by atoms with van der Waals surface area (Å²) >= 11 is 0. The van der Waals surface area contributed by atoms with Crippen LogP contribution in [0.4, 0.5) is 0 Å². The second kappa shape index (κ2) is 21.1. The van der Waals surface area contributed by atoms with Gasteiger partial charge in [0.25, 0.3) is 5.91 Å². The van der Waals surface area contributed by atoms with Crippen LogP contribution in [0.15, 0.2) is 28.8 Å². The number of carboxylic acids is 1. The van der Waals surface area contributed by atoms with Gasteiger partial charge in [0.05, 0.1) is 62.3 Å². The Morgan fingerprint density at radius 3 is 2.50 bits per heavy atom. The highest BCUT2D eigenvalue weighted by Crippen LogP contribution is 2.46. The molecule has 13 atom stereocenters. The van der Waals surface area contributed by atoms with Crippen molar-refractivity contribution in [3.8, 4) is 0 Å². The van der Waals surface area contributed by atoms with Crippen LogP contribution in [-0.2, 0) is 23.9 Å². The highest BCUT2D eigenvalue weighted by molar-refractivity contribution is 5.82. The minimum atomic E-state index is -3.03. The van der Waals surface area contributed by atoms with Gasteiger partial charge in [-0.2, -0.15) is 0 Å². The number of aliphatic hydroxyl groups excluding tert-OH is 3. The molecule has 336 valence electrons. The number of rotatable bonds is 19. The zero-order valence-electron chi connectivity index (χ0n) is 35.1. The molecule has 3 heterocycles. The van der Waals surface area contributed by atoms with Crippen molar-refractivity contribution < 1.29 is 69.9 Å². The molecule has 3 aliphatic carbocycles. The second-order valence-corrected chi connectivity index (χ2v) is 18.6. The molecule has 16 nitrogen and oxygen atoms in total. The number of aliphatic carboxylic acids is 1. The van der Waals surface area contributed by atoms with Crippen LogP contribution in [0.1, 0.15) is 96.3 Å². The lowest BCUT2D eigenvalue weighted by Crippen LogP contribution is -2.95. The molecular formula is C44H71N4O12+3. The van der Waals surface area contributed by atoms with Gasteiger partial charge in [0.1, 0.15) is 30.9 Å². The first-order chi connectivity index (χ1) is 28.8. The lowest BCUT2D eigenvalue weighted by molar-refractivity contribution is -0.682. The van der Waals surface area contributed by atoms with Crippen molar-refractivity contribution in [2.45, 2.75) is 157 Å². The first-order valence-electron chi connectivity index (χ1n) is 22.6. The maximum absolute atomic E-state index is 12.8. The lowest BCUT2D eigenvalue weighted by atomic mass is 9.66. The van der Waals surface area contributed by atoms with Gasteiger partial charge in [-0.15, -0.1) is 4.99 Å². The van der Waals surface area contributed by atoms with E-state index in [0.29, 0.717) is 57.4 Å². The number of fused-ring (bicyclic) bond motifs is 1. The molecule has 3 saturated carbocycles. The van der Waals surface area contributed by atoms with E-state index in [4.69, 9.17) is 19.9 Å². The van der Waals surface area contributed by atoms with Crippen LogP contribution in [0.5, 0.6) is 0 Å². The number of hydrogen-bond acceptors (Lipinski definition) is 12. The zero-order chi connectivity index (χ0) is 43.0. The molecule has 60 heavy (non-hydrogen) atoms. The van der Waals surface area contributed by atoms with Crippen molar-refractivity contribution in [2.24, 2.45) is 46.2 Å². The van der Waals surface area contributed by atoms with E-state index in [1.54, 1.807) is 11.9 Å². The van der Waals surface area contributed by atoms with E-state index in [9.17, 15) is 45.0 Å².